The van der Waals surface area contributed by atoms with Crippen LogP contribution in [0.15, 0.2) is 47.4 Å². The number of hydrogen-bond donors (Lipinski definition) is 2. The van der Waals surface area contributed by atoms with E-state index in [2.05, 4.69) is 10.0 Å². The van der Waals surface area contributed by atoms with Crippen LogP contribution in [0.25, 0.3) is 0 Å². The van der Waals surface area contributed by atoms with E-state index in [4.69, 9.17) is 21.1 Å². The van der Waals surface area contributed by atoms with Gasteiger partial charge in [-0.05, 0) is 55.8 Å². The maximum absolute atomic E-state index is 12.5. The highest BCUT2D eigenvalue weighted by Gasteiger charge is 2.23. The molecule has 0 aliphatic rings. The number of hydrogen-bond acceptors (Lipinski definition) is 6. The zero-order valence-electron chi connectivity index (χ0n) is 17.5. The van der Waals surface area contributed by atoms with Crippen molar-refractivity contribution in [3.05, 3.63) is 53.1 Å². The number of unbranched alkanes of at least 4 members (excludes halogenated alkanes) is 1. The van der Waals surface area contributed by atoms with E-state index in [1.807, 2.05) is 6.92 Å². The Bertz CT molecular complexity index is 1020. The summed E-state index contributed by atoms with van der Waals surface area (Å²) in [5.41, 5.74) is 0.771. The lowest BCUT2D eigenvalue weighted by Crippen LogP contribution is -2.41. The topological polar surface area (TPSA) is 111 Å². The number of carbonyl (C=O) groups excluding carboxylic acids is 2. The number of anilines is 1. The molecular formula is C21H25ClN2O6S. The minimum absolute atomic E-state index is 0.0936. The quantitative estimate of drug-likeness (QED) is 0.407. The summed E-state index contributed by atoms with van der Waals surface area (Å²) in [6.07, 6.45) is 1.71. The maximum Gasteiger partial charge on any atom is 0.338 e. The van der Waals surface area contributed by atoms with Gasteiger partial charge in [-0.25, -0.2) is 13.2 Å². The Morgan fingerprint density at radius 1 is 1.13 bits per heavy atom. The smallest absolute Gasteiger partial charge is 0.338 e. The maximum atomic E-state index is 12.5. The van der Waals surface area contributed by atoms with Gasteiger partial charge in [0.15, 0.2) is 0 Å². The third kappa shape index (κ3) is 6.95. The van der Waals surface area contributed by atoms with Crippen molar-refractivity contribution in [2.75, 3.05) is 19.0 Å². The Kier molecular flexibility index (Phi) is 8.85. The van der Waals surface area contributed by atoms with Crippen LogP contribution >= 0.6 is 11.6 Å². The van der Waals surface area contributed by atoms with Crippen LogP contribution in [0.3, 0.4) is 0 Å². The van der Waals surface area contributed by atoms with E-state index in [-0.39, 0.29) is 9.92 Å². The molecule has 2 rings (SSSR count). The molecular weight excluding hydrogens is 444 g/mol. The third-order valence-corrected chi connectivity index (χ3v) is 6.11. The van der Waals surface area contributed by atoms with Crippen molar-refractivity contribution in [2.45, 2.75) is 37.6 Å². The molecule has 10 heteroatoms. The molecule has 0 unspecified atom stereocenters. The number of ether oxygens (including phenoxy) is 2. The molecule has 0 aliphatic carbocycles. The number of benzene rings is 2. The first kappa shape index (κ1) is 24.6. The fourth-order valence-corrected chi connectivity index (χ4v) is 4.05. The summed E-state index contributed by atoms with van der Waals surface area (Å²) < 4.78 is 37.5. The Hall–Kier alpha value is -2.62. The Morgan fingerprint density at radius 2 is 1.81 bits per heavy atom. The predicted octanol–water partition coefficient (Wildman–Crippen LogP) is 3.61. The van der Waals surface area contributed by atoms with Crippen molar-refractivity contribution >= 4 is 39.2 Å². The molecule has 2 N–H and O–H groups in total. The van der Waals surface area contributed by atoms with Crippen LogP contribution in [0.4, 0.5) is 5.69 Å². The summed E-state index contributed by atoms with van der Waals surface area (Å²) in [5, 5.41) is 2.73. The standard InChI is InChI=1S/C21H25ClN2O6S/c1-4-5-12-30-21(26)15-6-8-16(9-7-15)23-20(25)14(2)24-31(27,28)17-10-11-19(29-3)18(22)13-17/h6-11,13-14,24H,4-5,12H2,1-3H3,(H,23,25)/t14-/m0/s1. The summed E-state index contributed by atoms with van der Waals surface area (Å²) in [5.74, 6) is -0.670. The van der Waals surface area contributed by atoms with Crippen LogP contribution < -0.4 is 14.8 Å². The van der Waals surface area contributed by atoms with Gasteiger partial charge in [0.2, 0.25) is 15.9 Å². The number of amides is 1. The highest BCUT2D eigenvalue weighted by Crippen LogP contribution is 2.27. The SMILES string of the molecule is CCCCOC(=O)c1ccc(NC(=O)[C@H](C)NS(=O)(=O)c2ccc(OC)c(Cl)c2)cc1. The molecule has 0 aromatic heterocycles. The minimum Gasteiger partial charge on any atom is -0.495 e. The lowest BCUT2D eigenvalue weighted by atomic mass is 10.2. The Morgan fingerprint density at radius 3 is 2.39 bits per heavy atom. The molecule has 31 heavy (non-hydrogen) atoms. The zero-order valence-corrected chi connectivity index (χ0v) is 19.0. The molecule has 0 aliphatic heterocycles. The van der Waals surface area contributed by atoms with Gasteiger partial charge in [0.25, 0.3) is 0 Å². The molecule has 0 radical (unpaired) electrons. The van der Waals surface area contributed by atoms with E-state index >= 15 is 0 Å². The first-order chi connectivity index (χ1) is 14.7. The molecule has 8 nitrogen and oxygen atoms in total. The predicted molar refractivity (Wildman–Crippen MR) is 118 cm³/mol. The third-order valence-electron chi connectivity index (χ3n) is 4.28. The Balaban J connectivity index is 1.98. The second-order valence-electron chi connectivity index (χ2n) is 6.70. The van der Waals surface area contributed by atoms with Crippen molar-refractivity contribution in [3.8, 4) is 5.75 Å². The summed E-state index contributed by atoms with van der Waals surface area (Å²) in [4.78, 5) is 24.2. The molecule has 0 fully saturated rings. The molecule has 2 aromatic carbocycles. The van der Waals surface area contributed by atoms with Gasteiger partial charge >= 0.3 is 5.97 Å². The molecule has 2 aromatic rings. The molecule has 1 atom stereocenters. The molecule has 0 saturated heterocycles. The summed E-state index contributed by atoms with van der Waals surface area (Å²) >= 11 is 5.98. The van der Waals surface area contributed by atoms with Crippen molar-refractivity contribution in [1.29, 1.82) is 0 Å². The van der Waals surface area contributed by atoms with Gasteiger partial charge in [-0.2, -0.15) is 4.72 Å². The number of esters is 1. The summed E-state index contributed by atoms with van der Waals surface area (Å²) in [7, 11) is -2.57. The van der Waals surface area contributed by atoms with Gasteiger partial charge in [0.1, 0.15) is 5.75 Å². The molecule has 0 bridgehead atoms. The van der Waals surface area contributed by atoms with Gasteiger partial charge in [-0.3, -0.25) is 4.79 Å². The number of methoxy groups -OCH3 is 1. The zero-order chi connectivity index (χ0) is 23.0. The normalized spacial score (nSPS) is 12.1. The lowest BCUT2D eigenvalue weighted by molar-refractivity contribution is -0.117. The largest absolute Gasteiger partial charge is 0.495 e. The fraction of sp³-hybridized carbons (Fsp3) is 0.333. The highest BCUT2D eigenvalue weighted by molar-refractivity contribution is 7.89. The van der Waals surface area contributed by atoms with Crippen LogP contribution in [0.2, 0.25) is 5.02 Å². The second kappa shape index (κ2) is 11.1. The van der Waals surface area contributed by atoms with Crippen LogP contribution in [0.1, 0.15) is 37.0 Å². The summed E-state index contributed by atoms with van der Waals surface area (Å²) in [6.45, 7) is 3.76. The average Bonchev–Trinajstić information content (AvgIpc) is 2.74. The lowest BCUT2D eigenvalue weighted by Gasteiger charge is -2.15. The molecule has 168 valence electrons. The number of rotatable bonds is 10. The van der Waals surface area contributed by atoms with E-state index in [0.29, 0.717) is 23.6 Å². The molecule has 0 saturated carbocycles. The van der Waals surface area contributed by atoms with Crippen molar-refractivity contribution in [2.24, 2.45) is 0 Å². The number of halogens is 1. The van der Waals surface area contributed by atoms with Crippen LogP contribution in [0.5, 0.6) is 5.75 Å². The van der Waals surface area contributed by atoms with E-state index in [0.717, 1.165) is 12.8 Å². The minimum atomic E-state index is -3.99. The van der Waals surface area contributed by atoms with E-state index in [9.17, 15) is 18.0 Å². The highest BCUT2D eigenvalue weighted by atomic mass is 35.5. The van der Waals surface area contributed by atoms with Crippen LogP contribution in [-0.2, 0) is 19.6 Å². The average molecular weight is 469 g/mol. The monoisotopic (exact) mass is 468 g/mol. The number of nitrogens with one attached hydrogen (secondary N) is 2. The van der Waals surface area contributed by atoms with Gasteiger partial charge in [0, 0.05) is 5.69 Å². The fourth-order valence-electron chi connectivity index (χ4n) is 2.50. The van der Waals surface area contributed by atoms with Gasteiger partial charge < -0.3 is 14.8 Å². The first-order valence-electron chi connectivity index (χ1n) is 9.62. The molecule has 0 heterocycles. The van der Waals surface area contributed by atoms with E-state index in [1.54, 1.807) is 12.1 Å². The van der Waals surface area contributed by atoms with Gasteiger partial charge in [0.05, 0.1) is 35.2 Å². The van der Waals surface area contributed by atoms with Crippen molar-refractivity contribution in [1.82, 2.24) is 4.72 Å². The molecule has 1 amide bonds. The van der Waals surface area contributed by atoms with E-state index < -0.39 is 27.9 Å². The number of carbonyl (C=O) groups is 2. The van der Waals surface area contributed by atoms with Crippen molar-refractivity contribution < 1.29 is 27.5 Å². The van der Waals surface area contributed by atoms with Gasteiger partial charge in [-0.1, -0.05) is 24.9 Å². The number of sulfonamides is 1. The van der Waals surface area contributed by atoms with Gasteiger partial charge in [-0.15, -0.1) is 0 Å². The Labute approximate surface area is 186 Å². The first-order valence-corrected chi connectivity index (χ1v) is 11.5. The molecule has 0 spiro atoms. The van der Waals surface area contributed by atoms with E-state index in [1.165, 1.54) is 44.4 Å². The second-order valence-corrected chi connectivity index (χ2v) is 8.82. The summed E-state index contributed by atoms with van der Waals surface area (Å²) in [6, 6.07) is 9.07. The van der Waals surface area contributed by atoms with Crippen LogP contribution in [0, 0.1) is 0 Å². The van der Waals surface area contributed by atoms with Crippen LogP contribution in [-0.4, -0.2) is 40.1 Å². The van der Waals surface area contributed by atoms with Crippen molar-refractivity contribution in [3.63, 3.8) is 0 Å².